The Morgan fingerprint density at radius 3 is 2.70 bits per heavy atom. The largest absolute Gasteiger partial charge is 0.299 e. The van der Waals surface area contributed by atoms with Gasteiger partial charge in [0.15, 0.2) is 10.9 Å². The van der Waals surface area contributed by atoms with Gasteiger partial charge < -0.3 is 0 Å². The molecular weight excluding hydrogens is 356 g/mol. The highest BCUT2D eigenvalue weighted by Crippen LogP contribution is 2.66. The summed E-state index contributed by atoms with van der Waals surface area (Å²) in [6.45, 7) is 10.2. The van der Waals surface area contributed by atoms with Gasteiger partial charge in [-0.2, -0.15) is 0 Å². The topological polar surface area (TPSA) is 51.2 Å². The summed E-state index contributed by atoms with van der Waals surface area (Å²) < 4.78 is 0. The van der Waals surface area contributed by atoms with Crippen LogP contribution in [-0.2, 0) is 14.4 Å². The maximum atomic E-state index is 12.8. The molecule has 0 unspecified atom stereocenters. The Balaban J connectivity index is 1.80. The van der Waals surface area contributed by atoms with Crippen LogP contribution in [0.2, 0.25) is 0 Å². The molecule has 5 atom stereocenters. The predicted molar refractivity (Wildman–Crippen MR) is 108 cm³/mol. The minimum Gasteiger partial charge on any atom is -0.299 e. The summed E-state index contributed by atoms with van der Waals surface area (Å²) in [4.78, 5) is 37.7. The van der Waals surface area contributed by atoms with E-state index in [0.717, 1.165) is 55.0 Å². The lowest BCUT2D eigenvalue weighted by Crippen LogP contribution is -2.51. The van der Waals surface area contributed by atoms with E-state index in [0.29, 0.717) is 34.9 Å². The molecule has 144 valence electrons. The molecule has 0 spiro atoms. The molecule has 4 aliphatic rings. The molecule has 0 aliphatic heterocycles. The van der Waals surface area contributed by atoms with Crippen molar-refractivity contribution in [3.8, 4) is 0 Å². The Morgan fingerprint density at radius 1 is 1.30 bits per heavy atom. The molecule has 3 fully saturated rings. The van der Waals surface area contributed by atoms with Gasteiger partial charge in [0.2, 0.25) is 0 Å². The van der Waals surface area contributed by atoms with Crippen molar-refractivity contribution in [2.75, 3.05) is 0 Å². The number of allylic oxidation sites excluding steroid dienone is 5. The number of ketones is 2. The molecule has 0 N–H and O–H groups in total. The van der Waals surface area contributed by atoms with E-state index in [1.54, 1.807) is 6.08 Å². The van der Waals surface area contributed by atoms with E-state index in [1.807, 2.05) is 0 Å². The first-order valence-electron chi connectivity index (χ1n) is 10.1. The number of thioether (sulfide) groups is 1. The summed E-state index contributed by atoms with van der Waals surface area (Å²) in [5.41, 5.74) is 1.58. The van der Waals surface area contributed by atoms with E-state index in [9.17, 15) is 14.4 Å². The van der Waals surface area contributed by atoms with Crippen molar-refractivity contribution in [2.45, 2.75) is 59.3 Å². The zero-order chi connectivity index (χ0) is 19.6. The number of hydrogen-bond donors (Lipinski definition) is 0. The van der Waals surface area contributed by atoms with Crippen molar-refractivity contribution in [3.63, 3.8) is 0 Å². The average molecular weight is 385 g/mol. The highest BCUT2D eigenvalue weighted by molar-refractivity contribution is 8.17. The van der Waals surface area contributed by atoms with Crippen molar-refractivity contribution >= 4 is 28.4 Å². The van der Waals surface area contributed by atoms with E-state index < -0.39 is 0 Å². The second-order valence-electron chi connectivity index (χ2n) is 8.97. The van der Waals surface area contributed by atoms with Crippen molar-refractivity contribution in [1.82, 2.24) is 0 Å². The Labute approximate surface area is 165 Å². The first-order chi connectivity index (χ1) is 12.7. The third-order valence-corrected chi connectivity index (χ3v) is 8.83. The molecule has 0 aromatic rings. The monoisotopic (exact) mass is 384 g/mol. The number of carbonyl (C=O) groups excluding carboxylic acids is 3. The second-order valence-corrected chi connectivity index (χ2v) is 10.2. The third-order valence-electron chi connectivity index (χ3n) is 7.94. The summed E-state index contributed by atoms with van der Waals surface area (Å²) in [6, 6.07) is 0. The van der Waals surface area contributed by atoms with Gasteiger partial charge in [-0.3, -0.25) is 14.4 Å². The summed E-state index contributed by atoms with van der Waals surface area (Å²) in [6.07, 6.45) is 9.18. The molecule has 0 heterocycles. The van der Waals surface area contributed by atoms with Crippen LogP contribution in [0.25, 0.3) is 0 Å². The van der Waals surface area contributed by atoms with Crippen LogP contribution in [0.5, 0.6) is 0 Å². The smallest absolute Gasteiger partial charge is 0.192 e. The second kappa shape index (κ2) is 6.30. The van der Waals surface area contributed by atoms with Gasteiger partial charge in [0.25, 0.3) is 0 Å². The number of carbonyl (C=O) groups is 3. The number of fused-ring (bicyclic) bond motifs is 5. The molecule has 0 bridgehead atoms. The van der Waals surface area contributed by atoms with Crippen molar-refractivity contribution in [3.05, 3.63) is 34.8 Å². The lowest BCUT2D eigenvalue weighted by molar-refractivity contribution is -0.133. The Morgan fingerprint density at radius 2 is 2.04 bits per heavy atom. The SMILES string of the molecule is C=C1C[C@H]2[C@@H]3CCC(=O)[C@@]3(CC)CC[C@@H]2[C@@]2(C)C=CC(=O)C(SC(C)=O)=C12. The fraction of sp³-hybridized carbons (Fsp3) is 0.609. The predicted octanol–water partition coefficient (Wildman–Crippen LogP) is 5.03. The zero-order valence-corrected chi connectivity index (χ0v) is 17.3. The molecule has 0 saturated heterocycles. The fourth-order valence-corrected chi connectivity index (χ4v) is 7.72. The molecular formula is C23H28O3S. The fourth-order valence-electron chi connectivity index (χ4n) is 6.80. The quantitative estimate of drug-likeness (QED) is 0.670. The van der Waals surface area contributed by atoms with Crippen LogP contribution in [0, 0.1) is 28.6 Å². The molecule has 0 radical (unpaired) electrons. The van der Waals surface area contributed by atoms with E-state index >= 15 is 0 Å². The first kappa shape index (κ1) is 18.9. The minimum absolute atomic E-state index is 0.0616. The van der Waals surface area contributed by atoms with Crippen LogP contribution in [0.3, 0.4) is 0 Å². The zero-order valence-electron chi connectivity index (χ0n) is 16.5. The molecule has 4 aliphatic carbocycles. The van der Waals surface area contributed by atoms with Gasteiger partial charge in [0, 0.05) is 24.2 Å². The van der Waals surface area contributed by atoms with Crippen molar-refractivity contribution in [1.29, 1.82) is 0 Å². The maximum absolute atomic E-state index is 12.8. The summed E-state index contributed by atoms with van der Waals surface area (Å²) in [7, 11) is 0. The highest BCUT2D eigenvalue weighted by Gasteiger charge is 2.60. The minimum atomic E-state index is -0.267. The third kappa shape index (κ3) is 2.52. The van der Waals surface area contributed by atoms with E-state index in [2.05, 4.69) is 26.5 Å². The molecule has 4 rings (SSSR count). The standard InChI is InChI=1S/C23H28O3S/c1-5-23-11-8-16-15(17(23)6-7-19(23)26)12-13(2)20-21(27-14(3)24)18(25)9-10-22(16,20)4/h9-10,15-17H,2,5-8,11-12H2,1,3-4H3/t15-,16+,17+,22-,23+/m1/s1. The lowest BCUT2D eigenvalue weighted by atomic mass is 9.47. The van der Waals surface area contributed by atoms with E-state index in [1.165, 1.54) is 6.92 Å². The summed E-state index contributed by atoms with van der Waals surface area (Å²) in [5.74, 6) is 1.66. The van der Waals surface area contributed by atoms with Gasteiger partial charge in [-0.1, -0.05) is 26.5 Å². The Hall–Kier alpha value is -1.42. The van der Waals surface area contributed by atoms with Gasteiger partial charge in [-0.25, -0.2) is 0 Å². The number of hydrogen-bond acceptors (Lipinski definition) is 4. The first-order valence-corrected chi connectivity index (χ1v) is 10.9. The number of Topliss-reactive ketones (excluding diaryl/α,β-unsaturated/α-hetero) is 1. The van der Waals surface area contributed by atoms with Gasteiger partial charge in [-0.05, 0) is 78.8 Å². The van der Waals surface area contributed by atoms with Gasteiger partial charge in [0.05, 0.1) is 4.91 Å². The van der Waals surface area contributed by atoms with Crippen LogP contribution in [-0.4, -0.2) is 16.7 Å². The average Bonchev–Trinajstić information content (AvgIpc) is 2.95. The summed E-state index contributed by atoms with van der Waals surface area (Å²) in [5, 5.41) is -0.0616. The van der Waals surface area contributed by atoms with E-state index in [4.69, 9.17) is 0 Å². The molecule has 3 saturated carbocycles. The van der Waals surface area contributed by atoms with Crippen LogP contribution in [0.15, 0.2) is 34.8 Å². The lowest BCUT2D eigenvalue weighted by Gasteiger charge is -2.57. The van der Waals surface area contributed by atoms with E-state index in [-0.39, 0.29) is 21.7 Å². The van der Waals surface area contributed by atoms with Crippen molar-refractivity contribution in [2.24, 2.45) is 28.6 Å². The molecule has 27 heavy (non-hydrogen) atoms. The van der Waals surface area contributed by atoms with Crippen LogP contribution in [0.1, 0.15) is 59.3 Å². The normalized spacial score (nSPS) is 40.7. The highest BCUT2D eigenvalue weighted by atomic mass is 32.2. The number of rotatable bonds is 2. The molecule has 0 aromatic heterocycles. The Bertz CT molecular complexity index is 819. The molecule has 3 nitrogen and oxygen atoms in total. The maximum Gasteiger partial charge on any atom is 0.192 e. The van der Waals surface area contributed by atoms with Gasteiger partial charge >= 0.3 is 0 Å². The summed E-state index contributed by atoms with van der Waals surface area (Å²) >= 11 is 1.06. The van der Waals surface area contributed by atoms with Crippen molar-refractivity contribution < 1.29 is 14.4 Å². The molecule has 0 amide bonds. The van der Waals surface area contributed by atoms with Gasteiger partial charge in [-0.15, -0.1) is 0 Å². The molecule has 4 heteroatoms. The van der Waals surface area contributed by atoms with Crippen LogP contribution < -0.4 is 0 Å². The molecule has 0 aromatic carbocycles. The van der Waals surface area contributed by atoms with Crippen LogP contribution >= 0.6 is 11.8 Å². The van der Waals surface area contributed by atoms with Crippen LogP contribution in [0.4, 0.5) is 0 Å². The Kier molecular flexibility index (Phi) is 4.41. The van der Waals surface area contributed by atoms with Gasteiger partial charge in [0.1, 0.15) is 5.78 Å².